The SMILES string of the molecule is COc1ccccc1N(C)S(=O)(=O)c1ccc(C(=O)NNC(=O)c2ccco2)cc1. The Kier molecular flexibility index (Phi) is 6.07. The van der Waals surface area contributed by atoms with Gasteiger partial charge in [-0.25, -0.2) is 8.42 Å². The molecule has 0 bridgehead atoms. The predicted octanol–water partition coefficient (Wildman–Crippen LogP) is 2.19. The number of hydrogen-bond acceptors (Lipinski definition) is 6. The normalized spacial score (nSPS) is 10.9. The summed E-state index contributed by atoms with van der Waals surface area (Å²) in [6.07, 6.45) is 1.33. The second-order valence-corrected chi connectivity index (χ2v) is 8.02. The van der Waals surface area contributed by atoms with Crippen molar-refractivity contribution in [3.05, 3.63) is 78.3 Å². The van der Waals surface area contributed by atoms with Crippen molar-refractivity contribution in [2.45, 2.75) is 4.90 Å². The molecule has 3 rings (SSSR count). The van der Waals surface area contributed by atoms with Gasteiger partial charge in [0.1, 0.15) is 5.75 Å². The van der Waals surface area contributed by atoms with Gasteiger partial charge < -0.3 is 9.15 Å². The number of benzene rings is 2. The molecule has 30 heavy (non-hydrogen) atoms. The summed E-state index contributed by atoms with van der Waals surface area (Å²) >= 11 is 0. The van der Waals surface area contributed by atoms with E-state index >= 15 is 0 Å². The highest BCUT2D eigenvalue weighted by Gasteiger charge is 2.24. The van der Waals surface area contributed by atoms with Gasteiger partial charge in [0, 0.05) is 12.6 Å². The third kappa shape index (κ3) is 4.28. The largest absolute Gasteiger partial charge is 0.495 e. The number of carbonyl (C=O) groups is 2. The molecule has 0 spiro atoms. The maximum absolute atomic E-state index is 12.9. The van der Waals surface area contributed by atoms with Gasteiger partial charge in [-0.1, -0.05) is 12.1 Å². The zero-order chi connectivity index (χ0) is 21.7. The van der Waals surface area contributed by atoms with E-state index in [1.165, 1.54) is 56.8 Å². The zero-order valence-electron chi connectivity index (χ0n) is 16.2. The highest BCUT2D eigenvalue weighted by molar-refractivity contribution is 7.92. The second-order valence-electron chi connectivity index (χ2n) is 6.05. The monoisotopic (exact) mass is 429 g/mol. The topological polar surface area (TPSA) is 118 Å². The Morgan fingerprint density at radius 1 is 0.933 bits per heavy atom. The minimum Gasteiger partial charge on any atom is -0.495 e. The first-order chi connectivity index (χ1) is 14.3. The molecule has 0 saturated heterocycles. The van der Waals surface area contributed by atoms with Crippen LogP contribution in [-0.4, -0.2) is 34.4 Å². The van der Waals surface area contributed by atoms with E-state index in [9.17, 15) is 18.0 Å². The Morgan fingerprint density at radius 2 is 1.60 bits per heavy atom. The number of nitrogens with one attached hydrogen (secondary N) is 2. The molecule has 0 aliphatic carbocycles. The third-order valence-electron chi connectivity index (χ3n) is 4.23. The fourth-order valence-corrected chi connectivity index (χ4v) is 3.82. The average molecular weight is 429 g/mol. The van der Waals surface area contributed by atoms with Gasteiger partial charge in [-0.05, 0) is 48.5 Å². The Labute approximate surface area is 173 Å². The van der Waals surface area contributed by atoms with Crippen molar-refractivity contribution < 1.29 is 27.2 Å². The standard InChI is InChI=1S/C20H19N3O6S/c1-23(16-6-3-4-7-17(16)28-2)30(26,27)15-11-9-14(10-12-15)19(24)21-22-20(25)18-8-5-13-29-18/h3-13H,1-2H3,(H,21,24)(H,22,25). The molecule has 2 amide bonds. The van der Waals surface area contributed by atoms with Gasteiger partial charge in [-0.15, -0.1) is 0 Å². The number of furan rings is 1. The molecular formula is C20H19N3O6S. The third-order valence-corrected chi connectivity index (χ3v) is 6.02. The molecule has 2 N–H and O–H groups in total. The molecule has 0 radical (unpaired) electrons. The molecule has 1 heterocycles. The first kappa shape index (κ1) is 20.9. The van der Waals surface area contributed by atoms with Gasteiger partial charge in [0.15, 0.2) is 5.76 Å². The van der Waals surface area contributed by atoms with E-state index in [1.54, 1.807) is 24.3 Å². The van der Waals surface area contributed by atoms with Gasteiger partial charge in [-0.2, -0.15) is 0 Å². The van der Waals surface area contributed by atoms with Crippen LogP contribution in [0.25, 0.3) is 0 Å². The number of nitrogens with zero attached hydrogens (tertiary/aromatic N) is 1. The lowest BCUT2D eigenvalue weighted by Gasteiger charge is -2.21. The first-order valence-corrected chi connectivity index (χ1v) is 10.1. The number of anilines is 1. The van der Waals surface area contributed by atoms with E-state index in [0.29, 0.717) is 11.4 Å². The smallest absolute Gasteiger partial charge is 0.305 e. The van der Waals surface area contributed by atoms with E-state index < -0.39 is 21.8 Å². The average Bonchev–Trinajstić information content (AvgIpc) is 3.31. The van der Waals surface area contributed by atoms with Crippen LogP contribution in [0.15, 0.2) is 76.2 Å². The molecule has 3 aromatic rings. The van der Waals surface area contributed by atoms with Crippen molar-refractivity contribution in [1.82, 2.24) is 10.9 Å². The number of hydrazine groups is 1. The van der Waals surface area contributed by atoms with Crippen LogP contribution in [0.1, 0.15) is 20.9 Å². The molecule has 0 aliphatic heterocycles. The van der Waals surface area contributed by atoms with Crippen LogP contribution in [0.5, 0.6) is 5.75 Å². The maximum atomic E-state index is 12.9. The van der Waals surface area contributed by atoms with Crippen LogP contribution >= 0.6 is 0 Å². The Hall–Kier alpha value is -3.79. The zero-order valence-corrected chi connectivity index (χ0v) is 17.0. The van der Waals surface area contributed by atoms with Gasteiger partial charge in [-0.3, -0.25) is 24.7 Å². The lowest BCUT2D eigenvalue weighted by atomic mass is 10.2. The summed E-state index contributed by atoms with van der Waals surface area (Å²) in [5.74, 6) is -0.786. The van der Waals surface area contributed by atoms with Crippen molar-refractivity contribution in [3.63, 3.8) is 0 Å². The van der Waals surface area contributed by atoms with Crippen LogP contribution in [0.2, 0.25) is 0 Å². The minimum atomic E-state index is -3.88. The number of rotatable bonds is 6. The van der Waals surface area contributed by atoms with Crippen LogP contribution in [0.4, 0.5) is 5.69 Å². The van der Waals surface area contributed by atoms with E-state index in [-0.39, 0.29) is 16.2 Å². The number of ether oxygens (including phenoxy) is 1. The first-order valence-electron chi connectivity index (χ1n) is 8.71. The summed E-state index contributed by atoms with van der Waals surface area (Å²) < 4.78 is 37.1. The van der Waals surface area contributed by atoms with Gasteiger partial charge in [0.2, 0.25) is 0 Å². The Balaban J connectivity index is 1.72. The van der Waals surface area contributed by atoms with E-state index in [2.05, 4.69) is 10.9 Å². The predicted molar refractivity (Wildman–Crippen MR) is 109 cm³/mol. The summed E-state index contributed by atoms with van der Waals surface area (Å²) in [4.78, 5) is 24.0. The number of carbonyl (C=O) groups excluding carboxylic acids is 2. The summed E-state index contributed by atoms with van der Waals surface area (Å²) in [5.41, 5.74) is 4.98. The lowest BCUT2D eigenvalue weighted by Crippen LogP contribution is -2.41. The molecule has 0 fully saturated rings. The van der Waals surface area contributed by atoms with Crippen molar-refractivity contribution in [3.8, 4) is 5.75 Å². The fraction of sp³-hybridized carbons (Fsp3) is 0.100. The molecule has 0 unspecified atom stereocenters. The lowest BCUT2D eigenvalue weighted by molar-refractivity contribution is 0.0831. The summed E-state index contributed by atoms with van der Waals surface area (Å²) in [7, 11) is -1.01. The highest BCUT2D eigenvalue weighted by atomic mass is 32.2. The molecular weight excluding hydrogens is 410 g/mol. The number of sulfonamides is 1. The number of amides is 2. The number of methoxy groups -OCH3 is 1. The second kappa shape index (κ2) is 8.70. The molecule has 9 nitrogen and oxygen atoms in total. The van der Waals surface area contributed by atoms with E-state index in [1.807, 2.05) is 0 Å². The van der Waals surface area contributed by atoms with Gasteiger partial charge in [0.25, 0.3) is 15.9 Å². The molecule has 1 aromatic heterocycles. The van der Waals surface area contributed by atoms with Gasteiger partial charge in [0.05, 0.1) is 24.0 Å². The maximum Gasteiger partial charge on any atom is 0.305 e. The number of hydrogen-bond donors (Lipinski definition) is 2. The minimum absolute atomic E-state index is 0.00734. The molecule has 2 aromatic carbocycles. The molecule has 156 valence electrons. The summed E-state index contributed by atoms with van der Waals surface area (Å²) in [6, 6.07) is 15.0. The fourth-order valence-electron chi connectivity index (χ4n) is 2.61. The summed E-state index contributed by atoms with van der Waals surface area (Å²) in [5, 5.41) is 0. The highest BCUT2D eigenvalue weighted by Crippen LogP contribution is 2.30. The quantitative estimate of drug-likeness (QED) is 0.580. The van der Waals surface area contributed by atoms with E-state index in [4.69, 9.17) is 9.15 Å². The summed E-state index contributed by atoms with van der Waals surface area (Å²) in [6.45, 7) is 0. The van der Waals surface area contributed by atoms with Crippen LogP contribution in [-0.2, 0) is 10.0 Å². The van der Waals surface area contributed by atoms with Crippen LogP contribution in [0.3, 0.4) is 0 Å². The molecule has 0 atom stereocenters. The molecule has 0 saturated carbocycles. The van der Waals surface area contributed by atoms with Crippen molar-refractivity contribution >= 4 is 27.5 Å². The van der Waals surface area contributed by atoms with Crippen molar-refractivity contribution in [2.24, 2.45) is 0 Å². The Bertz CT molecular complexity index is 1140. The van der Waals surface area contributed by atoms with E-state index in [0.717, 1.165) is 4.31 Å². The van der Waals surface area contributed by atoms with Crippen molar-refractivity contribution in [2.75, 3.05) is 18.5 Å². The Morgan fingerprint density at radius 3 is 2.23 bits per heavy atom. The van der Waals surface area contributed by atoms with Crippen molar-refractivity contribution in [1.29, 1.82) is 0 Å². The van der Waals surface area contributed by atoms with Crippen LogP contribution < -0.4 is 19.9 Å². The molecule has 0 aliphatic rings. The molecule has 10 heteroatoms. The van der Waals surface area contributed by atoms with Crippen LogP contribution in [0, 0.1) is 0 Å². The van der Waals surface area contributed by atoms with Gasteiger partial charge >= 0.3 is 5.91 Å². The number of para-hydroxylation sites is 2.